The number of carbonyl (C=O) groups is 2. The van der Waals surface area contributed by atoms with Crippen LogP contribution in [-0.4, -0.2) is 75.9 Å². The lowest BCUT2D eigenvalue weighted by molar-refractivity contribution is -0.136. The molecule has 0 spiro atoms. The molecule has 208 valence electrons. The van der Waals surface area contributed by atoms with Crippen molar-refractivity contribution in [2.24, 2.45) is 0 Å². The van der Waals surface area contributed by atoms with Gasteiger partial charge in [-0.15, -0.1) is 0 Å². The minimum Gasteiger partial charge on any atom is -0.444 e. The Kier molecular flexibility index (Phi) is 7.71. The summed E-state index contributed by atoms with van der Waals surface area (Å²) in [4.78, 5) is 31.9. The second-order valence-electron chi connectivity index (χ2n) is 11.3. The van der Waals surface area contributed by atoms with E-state index in [2.05, 4.69) is 35.1 Å². The molecule has 1 unspecified atom stereocenters. The molecule has 2 aliphatic heterocycles. The summed E-state index contributed by atoms with van der Waals surface area (Å²) < 4.78 is 7.53. The average molecular weight is 573 g/mol. The second-order valence-corrected chi connectivity index (χ2v) is 12.2. The third-order valence-corrected chi connectivity index (χ3v) is 8.05. The van der Waals surface area contributed by atoms with E-state index in [4.69, 9.17) is 27.9 Å². The van der Waals surface area contributed by atoms with Gasteiger partial charge in [0, 0.05) is 53.8 Å². The number of benzene rings is 2. The van der Waals surface area contributed by atoms with Crippen molar-refractivity contribution in [2.75, 3.05) is 37.6 Å². The minimum atomic E-state index is -0.589. The Labute approximate surface area is 239 Å². The number of amides is 2. The molecule has 2 amide bonds. The van der Waals surface area contributed by atoms with Gasteiger partial charge in [0.2, 0.25) is 5.91 Å². The topological polar surface area (TPSA) is 70.9 Å². The third kappa shape index (κ3) is 5.82. The van der Waals surface area contributed by atoms with Crippen LogP contribution in [0.25, 0.3) is 10.9 Å². The number of rotatable bonds is 4. The Hall–Kier alpha value is -2.97. The summed E-state index contributed by atoms with van der Waals surface area (Å²) in [5.41, 5.74) is 2.47. The first-order chi connectivity index (χ1) is 18.5. The van der Waals surface area contributed by atoms with E-state index in [1.807, 2.05) is 48.7 Å². The lowest BCUT2D eigenvalue weighted by Crippen LogP contribution is -2.54. The van der Waals surface area contributed by atoms with Crippen LogP contribution in [0.5, 0.6) is 0 Å². The first-order valence-electron chi connectivity index (χ1n) is 13.5. The normalized spacial score (nSPS) is 19.0. The van der Waals surface area contributed by atoms with Crippen LogP contribution in [0.1, 0.15) is 52.1 Å². The minimum absolute atomic E-state index is 0.0141. The van der Waals surface area contributed by atoms with Crippen molar-refractivity contribution in [2.45, 2.75) is 58.2 Å². The molecule has 2 aliphatic rings. The number of hydrogen-bond acceptors (Lipinski definition) is 5. The number of anilines is 1. The van der Waals surface area contributed by atoms with Crippen molar-refractivity contribution in [3.05, 3.63) is 58.2 Å². The van der Waals surface area contributed by atoms with Gasteiger partial charge in [-0.1, -0.05) is 29.3 Å². The molecule has 3 heterocycles. The summed E-state index contributed by atoms with van der Waals surface area (Å²) in [5.74, 6) is 0.0141. The number of hydrogen-bond donors (Lipinski definition) is 0. The van der Waals surface area contributed by atoms with Gasteiger partial charge in [-0.25, -0.2) is 4.79 Å². The molecule has 1 aromatic heterocycles. The maximum atomic E-state index is 13.4. The summed E-state index contributed by atoms with van der Waals surface area (Å²) in [5, 5.41) is 6.92. The fraction of sp³-hybridized carbons (Fsp3) is 0.483. The van der Waals surface area contributed by atoms with Gasteiger partial charge in [-0.2, -0.15) is 5.10 Å². The molecule has 39 heavy (non-hydrogen) atoms. The molecule has 0 N–H and O–H groups in total. The smallest absolute Gasteiger partial charge is 0.410 e. The number of fused-ring (bicyclic) bond motifs is 1. The molecule has 2 fully saturated rings. The number of carbonyl (C=O) groups excluding carboxylic acids is 2. The number of ether oxygens (including phenoxy) is 1. The molecular formula is C29H35Cl2N5O3. The van der Waals surface area contributed by atoms with E-state index >= 15 is 0 Å². The van der Waals surface area contributed by atoms with Gasteiger partial charge in [-0.3, -0.25) is 14.4 Å². The predicted octanol–water partition coefficient (Wildman–Crippen LogP) is 6.00. The molecule has 0 radical (unpaired) electrons. The van der Waals surface area contributed by atoms with E-state index in [9.17, 15) is 9.59 Å². The molecule has 2 atom stereocenters. The summed E-state index contributed by atoms with van der Waals surface area (Å²) >= 11 is 12.6. The fourth-order valence-corrected chi connectivity index (χ4v) is 6.03. The van der Waals surface area contributed by atoms with Crippen LogP contribution in [0.4, 0.5) is 10.5 Å². The maximum absolute atomic E-state index is 13.4. The van der Waals surface area contributed by atoms with E-state index < -0.39 is 17.7 Å². The second kappa shape index (κ2) is 10.9. The van der Waals surface area contributed by atoms with E-state index in [0.717, 1.165) is 28.6 Å². The molecule has 10 heteroatoms. The van der Waals surface area contributed by atoms with Crippen LogP contribution in [0.2, 0.25) is 10.0 Å². The highest BCUT2D eigenvalue weighted by molar-refractivity contribution is 6.35. The zero-order valence-corrected chi connectivity index (χ0v) is 24.4. The average Bonchev–Trinajstić information content (AvgIpc) is 3.54. The highest BCUT2D eigenvalue weighted by atomic mass is 35.5. The Bertz CT molecular complexity index is 1380. The maximum Gasteiger partial charge on any atom is 0.410 e. The monoisotopic (exact) mass is 571 g/mol. The molecule has 8 nitrogen and oxygen atoms in total. The molecular weight excluding hydrogens is 537 g/mol. The Balaban J connectivity index is 1.27. The van der Waals surface area contributed by atoms with Gasteiger partial charge in [0.1, 0.15) is 11.6 Å². The molecule has 0 bridgehead atoms. The zero-order valence-electron chi connectivity index (χ0n) is 22.9. The number of nitrogens with zero attached hydrogens (tertiary/aromatic N) is 5. The predicted molar refractivity (Wildman–Crippen MR) is 155 cm³/mol. The van der Waals surface area contributed by atoms with E-state index in [0.29, 0.717) is 49.2 Å². The van der Waals surface area contributed by atoms with E-state index in [1.54, 1.807) is 11.0 Å². The number of piperazine rings is 1. The zero-order chi connectivity index (χ0) is 27.9. The van der Waals surface area contributed by atoms with Gasteiger partial charge in [-0.05, 0) is 76.4 Å². The van der Waals surface area contributed by atoms with Crippen molar-refractivity contribution in [3.8, 4) is 0 Å². The quantitative estimate of drug-likeness (QED) is 0.384. The van der Waals surface area contributed by atoms with Gasteiger partial charge in [0.25, 0.3) is 0 Å². The summed E-state index contributed by atoms with van der Waals surface area (Å²) in [6, 6.07) is 11.4. The highest BCUT2D eigenvalue weighted by Crippen LogP contribution is 2.32. The third-order valence-electron chi connectivity index (χ3n) is 7.48. The van der Waals surface area contributed by atoms with Crippen LogP contribution >= 0.6 is 23.2 Å². The lowest BCUT2D eigenvalue weighted by Gasteiger charge is -2.38. The van der Waals surface area contributed by atoms with Gasteiger partial charge < -0.3 is 14.5 Å². The van der Waals surface area contributed by atoms with Crippen molar-refractivity contribution < 1.29 is 14.3 Å². The largest absolute Gasteiger partial charge is 0.444 e. The van der Waals surface area contributed by atoms with Gasteiger partial charge >= 0.3 is 6.09 Å². The molecule has 0 aliphatic carbocycles. The number of aromatic nitrogens is 2. The van der Waals surface area contributed by atoms with Crippen molar-refractivity contribution in [1.29, 1.82) is 0 Å². The summed E-state index contributed by atoms with van der Waals surface area (Å²) in [6.45, 7) is 10.8. The molecule has 2 saturated heterocycles. The van der Waals surface area contributed by atoms with Gasteiger partial charge in [0.05, 0.1) is 17.8 Å². The molecule has 3 aromatic rings. The van der Waals surface area contributed by atoms with Crippen molar-refractivity contribution >= 4 is 51.8 Å². The van der Waals surface area contributed by atoms with Crippen LogP contribution in [0.3, 0.4) is 0 Å². The Morgan fingerprint density at radius 3 is 2.46 bits per heavy atom. The lowest BCUT2D eigenvalue weighted by atomic mass is 10.1. The van der Waals surface area contributed by atoms with Crippen molar-refractivity contribution in [3.63, 3.8) is 0 Å². The Morgan fingerprint density at radius 2 is 1.77 bits per heavy atom. The molecule has 5 rings (SSSR count). The summed E-state index contributed by atoms with van der Waals surface area (Å²) in [7, 11) is 0. The Morgan fingerprint density at radius 1 is 1.03 bits per heavy atom. The van der Waals surface area contributed by atoms with Crippen molar-refractivity contribution in [1.82, 2.24) is 19.6 Å². The van der Waals surface area contributed by atoms with Crippen LogP contribution in [0, 0.1) is 0 Å². The van der Waals surface area contributed by atoms with E-state index in [1.165, 1.54) is 0 Å². The first-order valence-corrected chi connectivity index (χ1v) is 14.2. The van der Waals surface area contributed by atoms with Crippen LogP contribution < -0.4 is 4.90 Å². The van der Waals surface area contributed by atoms with E-state index in [-0.39, 0.29) is 11.9 Å². The summed E-state index contributed by atoms with van der Waals surface area (Å²) in [6.07, 6.45) is 2.95. The van der Waals surface area contributed by atoms with Crippen LogP contribution in [0.15, 0.2) is 42.6 Å². The SMILES string of the molecule is C[C@H](c1ccc(Cl)cc1Cl)n1ncc2ccc(N3CCN(C(=O)C4CCCN4C(=O)OC(C)(C)C)CC3)cc21. The fourth-order valence-electron chi connectivity index (χ4n) is 5.46. The standard InChI is InChI=1S/C29H35Cl2N5O3/c1-19(23-10-8-21(30)16-24(23)31)36-26-17-22(9-7-20(26)18-32-36)33-12-14-34(15-13-33)27(37)25-6-5-11-35(25)28(38)39-29(2,3)4/h7-10,16-19,25H,5-6,11-15H2,1-4H3/t19-,25?/m1/s1. The first kappa shape index (κ1) is 27.6. The number of likely N-dealkylation sites (tertiary alicyclic amines) is 1. The number of halogens is 2. The molecule has 0 saturated carbocycles. The highest BCUT2D eigenvalue weighted by Gasteiger charge is 2.39. The van der Waals surface area contributed by atoms with Crippen LogP contribution in [-0.2, 0) is 9.53 Å². The molecule has 2 aromatic carbocycles. The van der Waals surface area contributed by atoms with Gasteiger partial charge in [0.15, 0.2) is 0 Å².